The first-order chi connectivity index (χ1) is 8.55. The van der Waals surface area contributed by atoms with Crippen LogP contribution in [0, 0.1) is 11.8 Å². The molecule has 0 aliphatic carbocycles. The summed E-state index contributed by atoms with van der Waals surface area (Å²) in [5, 5.41) is 0. The van der Waals surface area contributed by atoms with Gasteiger partial charge in [-0.2, -0.15) is 0 Å². The van der Waals surface area contributed by atoms with Crippen LogP contribution in [0.1, 0.15) is 39.5 Å². The summed E-state index contributed by atoms with van der Waals surface area (Å²) in [5.74, 6) is 1.91. The van der Waals surface area contributed by atoms with E-state index in [0.717, 1.165) is 18.4 Å². The van der Waals surface area contributed by atoms with E-state index < -0.39 is 10.0 Å². The van der Waals surface area contributed by atoms with Crippen LogP contribution in [-0.4, -0.2) is 44.7 Å². The highest BCUT2D eigenvalue weighted by atomic mass is 32.2. The molecule has 3 saturated heterocycles. The van der Waals surface area contributed by atoms with Crippen molar-refractivity contribution < 1.29 is 8.42 Å². The monoisotopic (exact) mass is 274 g/mol. The molecule has 1 N–H and O–H groups in total. The second-order valence-corrected chi connectivity index (χ2v) is 7.70. The maximum absolute atomic E-state index is 11.7. The number of nitrogens with one attached hydrogen (secondary N) is 1. The van der Waals surface area contributed by atoms with Crippen molar-refractivity contribution >= 4 is 10.0 Å². The van der Waals surface area contributed by atoms with E-state index in [9.17, 15) is 8.42 Å². The van der Waals surface area contributed by atoms with Crippen LogP contribution in [0.25, 0.3) is 0 Å². The van der Waals surface area contributed by atoms with Crippen LogP contribution in [0.15, 0.2) is 0 Å². The standard InChI is InChI=1S/C13H26N2O2S/c1-3-7-18(16,17)14-9-13-8-12-5-6-15(13)10-11(12)4-2/h11-14H,3-10H2,1-2H3. The average Bonchev–Trinajstić information content (AvgIpc) is 2.37. The minimum absolute atomic E-state index is 0.251. The molecule has 3 aliphatic heterocycles. The van der Waals surface area contributed by atoms with Gasteiger partial charge in [-0.05, 0) is 37.6 Å². The zero-order chi connectivity index (χ0) is 13.2. The molecule has 3 rings (SSSR count). The van der Waals surface area contributed by atoms with Gasteiger partial charge in [0.15, 0.2) is 0 Å². The van der Waals surface area contributed by atoms with E-state index in [-0.39, 0.29) is 5.75 Å². The minimum atomic E-state index is -3.04. The molecular formula is C13H26N2O2S. The second-order valence-electron chi connectivity index (χ2n) is 5.77. The highest BCUT2D eigenvalue weighted by Crippen LogP contribution is 2.37. The Morgan fingerprint density at radius 3 is 2.67 bits per heavy atom. The molecular weight excluding hydrogens is 248 g/mol. The molecule has 106 valence electrons. The molecule has 3 fully saturated rings. The summed E-state index contributed by atoms with van der Waals surface area (Å²) in [6, 6.07) is 0.429. The molecule has 5 heteroatoms. The lowest BCUT2D eigenvalue weighted by Crippen LogP contribution is -2.56. The Morgan fingerprint density at radius 1 is 1.33 bits per heavy atom. The Kier molecular flexibility index (Phi) is 4.67. The maximum Gasteiger partial charge on any atom is 0.211 e. The lowest BCUT2D eigenvalue weighted by Gasteiger charge is -2.50. The number of hydrogen-bond acceptors (Lipinski definition) is 3. The zero-order valence-electron chi connectivity index (χ0n) is 11.6. The third-order valence-corrected chi connectivity index (χ3v) is 6.10. The highest BCUT2D eigenvalue weighted by molar-refractivity contribution is 7.89. The fourth-order valence-corrected chi connectivity index (χ4v) is 4.62. The molecule has 0 saturated carbocycles. The molecule has 0 aromatic carbocycles. The molecule has 3 aliphatic rings. The molecule has 0 spiro atoms. The number of sulfonamides is 1. The Morgan fingerprint density at radius 2 is 2.11 bits per heavy atom. The van der Waals surface area contributed by atoms with Gasteiger partial charge in [0, 0.05) is 19.1 Å². The SMILES string of the molecule is CCCS(=O)(=O)NCC1CC2CCN1CC2CC. The number of hydrogen-bond donors (Lipinski definition) is 1. The van der Waals surface area contributed by atoms with Gasteiger partial charge in [0.25, 0.3) is 0 Å². The van der Waals surface area contributed by atoms with E-state index in [1.54, 1.807) is 0 Å². The topological polar surface area (TPSA) is 49.4 Å². The van der Waals surface area contributed by atoms with Crippen molar-refractivity contribution in [1.29, 1.82) is 0 Å². The summed E-state index contributed by atoms with van der Waals surface area (Å²) in [6.07, 6.45) is 4.42. The van der Waals surface area contributed by atoms with Crippen molar-refractivity contribution in [1.82, 2.24) is 9.62 Å². The van der Waals surface area contributed by atoms with Gasteiger partial charge >= 0.3 is 0 Å². The summed E-state index contributed by atoms with van der Waals surface area (Å²) < 4.78 is 26.1. The third kappa shape index (κ3) is 3.25. The van der Waals surface area contributed by atoms with Crippen molar-refractivity contribution in [3.63, 3.8) is 0 Å². The fraction of sp³-hybridized carbons (Fsp3) is 1.00. The summed E-state index contributed by atoms with van der Waals surface area (Å²) in [4.78, 5) is 2.49. The van der Waals surface area contributed by atoms with Crippen LogP contribution in [-0.2, 0) is 10.0 Å². The summed E-state index contributed by atoms with van der Waals surface area (Å²) in [7, 11) is -3.04. The van der Waals surface area contributed by atoms with Crippen LogP contribution >= 0.6 is 0 Å². The number of rotatable bonds is 6. The van der Waals surface area contributed by atoms with Crippen LogP contribution in [0.4, 0.5) is 0 Å². The molecule has 4 nitrogen and oxygen atoms in total. The number of piperidine rings is 3. The zero-order valence-corrected chi connectivity index (χ0v) is 12.4. The van der Waals surface area contributed by atoms with Crippen molar-refractivity contribution in [3.8, 4) is 0 Å². The molecule has 3 heterocycles. The highest BCUT2D eigenvalue weighted by Gasteiger charge is 2.39. The smallest absolute Gasteiger partial charge is 0.211 e. The molecule has 0 aromatic heterocycles. The van der Waals surface area contributed by atoms with Crippen molar-refractivity contribution in [2.45, 2.75) is 45.6 Å². The van der Waals surface area contributed by atoms with E-state index >= 15 is 0 Å². The molecule has 18 heavy (non-hydrogen) atoms. The predicted molar refractivity (Wildman–Crippen MR) is 73.9 cm³/mol. The summed E-state index contributed by atoms with van der Waals surface area (Å²) in [5.41, 5.74) is 0. The van der Waals surface area contributed by atoms with Gasteiger partial charge in [-0.25, -0.2) is 13.1 Å². The van der Waals surface area contributed by atoms with Gasteiger partial charge in [-0.3, -0.25) is 4.90 Å². The molecule has 0 radical (unpaired) electrons. The van der Waals surface area contributed by atoms with Crippen LogP contribution in [0.5, 0.6) is 0 Å². The molecule has 4 unspecified atom stereocenters. The largest absolute Gasteiger partial charge is 0.299 e. The molecule has 0 aromatic rings. The second kappa shape index (κ2) is 5.88. The number of nitrogens with zero attached hydrogens (tertiary/aromatic N) is 1. The predicted octanol–water partition coefficient (Wildman–Crippen LogP) is 1.44. The van der Waals surface area contributed by atoms with Crippen LogP contribution in [0.3, 0.4) is 0 Å². The van der Waals surface area contributed by atoms with E-state index in [0.29, 0.717) is 19.0 Å². The molecule has 0 amide bonds. The lowest BCUT2D eigenvalue weighted by molar-refractivity contribution is 0.00237. The van der Waals surface area contributed by atoms with E-state index in [1.807, 2.05) is 6.92 Å². The Balaban J connectivity index is 1.86. The average molecular weight is 274 g/mol. The fourth-order valence-electron chi connectivity index (χ4n) is 3.49. The van der Waals surface area contributed by atoms with Gasteiger partial charge in [-0.1, -0.05) is 20.3 Å². The molecule has 2 bridgehead atoms. The van der Waals surface area contributed by atoms with Crippen molar-refractivity contribution in [2.24, 2.45) is 11.8 Å². The Hall–Kier alpha value is -0.130. The Labute approximate surface area is 111 Å². The number of fused-ring (bicyclic) bond motifs is 3. The first-order valence-corrected chi connectivity index (χ1v) is 8.92. The normalized spacial score (nSPS) is 35.9. The van der Waals surface area contributed by atoms with Crippen molar-refractivity contribution in [2.75, 3.05) is 25.4 Å². The Bertz CT molecular complexity index is 369. The van der Waals surface area contributed by atoms with Gasteiger partial charge in [0.05, 0.1) is 5.75 Å². The maximum atomic E-state index is 11.7. The first kappa shape index (κ1) is 14.3. The van der Waals surface area contributed by atoms with Crippen molar-refractivity contribution in [3.05, 3.63) is 0 Å². The van der Waals surface area contributed by atoms with Gasteiger partial charge < -0.3 is 0 Å². The minimum Gasteiger partial charge on any atom is -0.299 e. The van der Waals surface area contributed by atoms with Crippen LogP contribution in [0.2, 0.25) is 0 Å². The van der Waals surface area contributed by atoms with E-state index in [4.69, 9.17) is 0 Å². The van der Waals surface area contributed by atoms with Gasteiger partial charge in [0.2, 0.25) is 10.0 Å². The van der Waals surface area contributed by atoms with Gasteiger partial charge in [-0.15, -0.1) is 0 Å². The third-order valence-electron chi connectivity index (χ3n) is 4.55. The van der Waals surface area contributed by atoms with Gasteiger partial charge in [0.1, 0.15) is 0 Å². The van der Waals surface area contributed by atoms with E-state index in [2.05, 4.69) is 16.5 Å². The summed E-state index contributed by atoms with van der Waals surface area (Å²) >= 11 is 0. The molecule has 4 atom stereocenters. The first-order valence-electron chi connectivity index (χ1n) is 7.27. The summed E-state index contributed by atoms with van der Waals surface area (Å²) in [6.45, 7) is 7.10. The lowest BCUT2D eigenvalue weighted by atomic mass is 9.74. The van der Waals surface area contributed by atoms with Crippen LogP contribution < -0.4 is 4.72 Å². The van der Waals surface area contributed by atoms with E-state index in [1.165, 1.54) is 25.8 Å². The quantitative estimate of drug-likeness (QED) is 0.797.